The van der Waals surface area contributed by atoms with Gasteiger partial charge in [0.15, 0.2) is 0 Å². The van der Waals surface area contributed by atoms with E-state index >= 15 is 0 Å². The van der Waals surface area contributed by atoms with Gasteiger partial charge in [-0.2, -0.15) is 0 Å². The van der Waals surface area contributed by atoms with Gasteiger partial charge in [0.25, 0.3) is 0 Å². The second-order valence-electron chi connectivity index (χ2n) is 6.39. The van der Waals surface area contributed by atoms with Crippen molar-refractivity contribution in [1.82, 2.24) is 4.90 Å². The smallest absolute Gasteiger partial charge is 0.141 e. The van der Waals surface area contributed by atoms with Crippen LogP contribution in [0.3, 0.4) is 0 Å². The summed E-state index contributed by atoms with van der Waals surface area (Å²) in [5.74, 6) is 1.92. The maximum Gasteiger partial charge on any atom is 0.141 e. The minimum atomic E-state index is -0.257. The van der Waals surface area contributed by atoms with Crippen LogP contribution < -0.4 is 0 Å². The Morgan fingerprint density at radius 2 is 2.00 bits per heavy atom. The maximum absolute atomic E-state index is 12.4. The number of aliphatic imine (C=N–C) groups is 1. The number of hydrogen-bond acceptors (Lipinski definition) is 3. The molecule has 0 N–H and O–H groups in total. The van der Waals surface area contributed by atoms with Crippen LogP contribution in [0.5, 0.6) is 0 Å². The van der Waals surface area contributed by atoms with Crippen LogP contribution in [0.4, 0.5) is 0 Å². The van der Waals surface area contributed by atoms with E-state index in [0.29, 0.717) is 11.7 Å². The Balaban J connectivity index is 2.77. The molecule has 0 bridgehead atoms. The lowest BCUT2D eigenvalue weighted by molar-refractivity contribution is -0.131. The van der Waals surface area contributed by atoms with Crippen molar-refractivity contribution < 1.29 is 4.79 Å². The number of carbonyl (C=O) groups excluding carboxylic acids is 1. The fraction of sp³-hybridized carbons (Fsp3) is 0.857. The highest BCUT2D eigenvalue weighted by Crippen LogP contribution is 2.28. The number of Topliss-reactive ketones (excluding diaryl/α,β-unsaturated/α-hetero) is 1. The van der Waals surface area contributed by atoms with E-state index in [2.05, 4.69) is 30.8 Å². The highest BCUT2D eigenvalue weighted by Gasteiger charge is 2.33. The largest absolute Gasteiger partial charge is 0.362 e. The summed E-state index contributed by atoms with van der Waals surface area (Å²) in [5.41, 5.74) is -0.257. The molecule has 1 rings (SSSR count). The Kier molecular flexibility index (Phi) is 4.34. The van der Waals surface area contributed by atoms with Gasteiger partial charge in [0.2, 0.25) is 0 Å². The van der Waals surface area contributed by atoms with E-state index in [1.165, 1.54) is 0 Å². The topological polar surface area (TPSA) is 32.7 Å². The highest BCUT2D eigenvalue weighted by atomic mass is 16.1. The molecule has 98 valence electrons. The van der Waals surface area contributed by atoms with Crippen molar-refractivity contribution in [1.29, 1.82) is 0 Å². The zero-order chi connectivity index (χ0) is 13.2. The third-order valence-electron chi connectivity index (χ3n) is 3.45. The lowest BCUT2D eigenvalue weighted by atomic mass is 9.76. The zero-order valence-corrected chi connectivity index (χ0v) is 12.1. The average Bonchev–Trinajstić information content (AvgIpc) is 2.57. The summed E-state index contributed by atoms with van der Waals surface area (Å²) >= 11 is 0. The molecule has 0 aromatic carbocycles. The van der Waals surface area contributed by atoms with Crippen LogP contribution in [0, 0.1) is 17.3 Å². The lowest BCUT2D eigenvalue weighted by Crippen LogP contribution is -2.35. The van der Waals surface area contributed by atoms with Crippen molar-refractivity contribution in [2.75, 3.05) is 20.1 Å². The molecule has 0 amide bonds. The van der Waals surface area contributed by atoms with Crippen molar-refractivity contribution in [2.24, 2.45) is 22.2 Å². The molecular weight excluding hydrogens is 212 g/mol. The van der Waals surface area contributed by atoms with Crippen molar-refractivity contribution in [3.05, 3.63) is 0 Å². The normalized spacial score (nSPS) is 18.5. The second-order valence-corrected chi connectivity index (χ2v) is 6.39. The summed E-state index contributed by atoms with van der Waals surface area (Å²) in [6.07, 6.45) is 0.796. The molecule has 0 spiro atoms. The van der Waals surface area contributed by atoms with E-state index < -0.39 is 0 Å². The van der Waals surface area contributed by atoms with E-state index in [1.807, 2.05) is 20.8 Å². The predicted octanol–water partition coefficient (Wildman–Crippen LogP) is 2.61. The minimum absolute atomic E-state index is 0.0919. The molecule has 17 heavy (non-hydrogen) atoms. The Morgan fingerprint density at radius 1 is 1.41 bits per heavy atom. The first-order valence-electron chi connectivity index (χ1n) is 6.52. The molecule has 0 radical (unpaired) electrons. The molecule has 1 aliphatic rings. The Morgan fingerprint density at radius 3 is 2.35 bits per heavy atom. The van der Waals surface area contributed by atoms with Crippen LogP contribution in [0.2, 0.25) is 0 Å². The monoisotopic (exact) mass is 238 g/mol. The molecule has 0 aromatic heterocycles. The summed E-state index contributed by atoms with van der Waals surface area (Å²) in [4.78, 5) is 19.1. The molecule has 3 heteroatoms. The quantitative estimate of drug-likeness (QED) is 0.754. The number of ketones is 1. The van der Waals surface area contributed by atoms with Crippen LogP contribution in [0.1, 0.15) is 41.0 Å². The first-order valence-corrected chi connectivity index (χ1v) is 6.52. The van der Waals surface area contributed by atoms with Gasteiger partial charge >= 0.3 is 0 Å². The Bertz CT molecular complexity index is 313. The van der Waals surface area contributed by atoms with Gasteiger partial charge in [0.1, 0.15) is 5.78 Å². The molecule has 0 aliphatic carbocycles. The zero-order valence-electron chi connectivity index (χ0n) is 12.1. The number of rotatable bonds is 4. The van der Waals surface area contributed by atoms with Gasteiger partial charge in [-0.1, -0.05) is 34.6 Å². The number of amidine groups is 1. The predicted molar refractivity (Wildman–Crippen MR) is 72.3 cm³/mol. The van der Waals surface area contributed by atoms with Gasteiger partial charge in [-0.05, 0) is 5.92 Å². The maximum atomic E-state index is 12.4. The van der Waals surface area contributed by atoms with E-state index in [4.69, 9.17) is 0 Å². The molecule has 1 heterocycles. The van der Waals surface area contributed by atoms with Crippen LogP contribution in [0.25, 0.3) is 0 Å². The van der Waals surface area contributed by atoms with Gasteiger partial charge in [0.05, 0.1) is 12.4 Å². The van der Waals surface area contributed by atoms with Crippen LogP contribution in [-0.2, 0) is 4.79 Å². The second kappa shape index (κ2) is 5.19. The van der Waals surface area contributed by atoms with Crippen LogP contribution in [0.15, 0.2) is 4.99 Å². The van der Waals surface area contributed by atoms with Gasteiger partial charge in [0, 0.05) is 31.3 Å². The molecular formula is C14H26N2O. The number of carbonyl (C=O) groups is 1. The van der Waals surface area contributed by atoms with Gasteiger partial charge in [-0.25, -0.2) is 0 Å². The fourth-order valence-electron chi connectivity index (χ4n) is 2.18. The molecule has 1 atom stereocenters. The molecule has 0 unspecified atom stereocenters. The van der Waals surface area contributed by atoms with Crippen LogP contribution in [-0.4, -0.2) is 36.7 Å². The molecule has 1 aliphatic heterocycles. The van der Waals surface area contributed by atoms with Gasteiger partial charge in [-0.3, -0.25) is 9.79 Å². The first-order chi connectivity index (χ1) is 7.73. The third kappa shape index (κ3) is 3.55. The summed E-state index contributed by atoms with van der Waals surface area (Å²) in [5, 5.41) is 0. The van der Waals surface area contributed by atoms with E-state index in [0.717, 1.165) is 25.3 Å². The average molecular weight is 238 g/mol. The van der Waals surface area contributed by atoms with Crippen molar-refractivity contribution in [3.63, 3.8) is 0 Å². The van der Waals surface area contributed by atoms with E-state index in [1.54, 1.807) is 0 Å². The molecule has 0 saturated carbocycles. The summed E-state index contributed by atoms with van der Waals surface area (Å²) in [6, 6.07) is 0. The third-order valence-corrected chi connectivity index (χ3v) is 3.45. The van der Waals surface area contributed by atoms with Crippen molar-refractivity contribution in [3.8, 4) is 0 Å². The fourth-order valence-corrected chi connectivity index (χ4v) is 2.18. The summed E-state index contributed by atoms with van der Waals surface area (Å²) in [6.45, 7) is 12.1. The lowest BCUT2D eigenvalue weighted by Gasteiger charge is -2.28. The highest BCUT2D eigenvalue weighted by molar-refractivity contribution is 5.92. The molecule has 0 saturated heterocycles. The van der Waals surface area contributed by atoms with Crippen molar-refractivity contribution in [2.45, 2.75) is 41.0 Å². The van der Waals surface area contributed by atoms with Crippen molar-refractivity contribution >= 4 is 11.6 Å². The number of nitrogens with zero attached hydrogens (tertiary/aromatic N) is 2. The standard InChI is InChI=1S/C14H26N2O/c1-10(2)11(13(17)14(3,4)5)9-12-15-7-8-16(12)6/h10-11H,7-9H2,1-6H3/t11-/m0/s1. The molecule has 0 aromatic rings. The molecule has 3 nitrogen and oxygen atoms in total. The number of likely N-dealkylation sites (N-methyl/N-ethyl adjacent to an activating group) is 1. The number of hydrogen-bond donors (Lipinski definition) is 0. The van der Waals surface area contributed by atoms with Crippen LogP contribution >= 0.6 is 0 Å². The molecule has 0 fully saturated rings. The first kappa shape index (κ1) is 14.2. The Labute approximate surface area is 105 Å². The Hall–Kier alpha value is -0.860. The van der Waals surface area contributed by atoms with E-state index in [-0.39, 0.29) is 11.3 Å². The minimum Gasteiger partial charge on any atom is -0.362 e. The SMILES string of the molecule is CC(C)[C@H](CC1=NCCN1C)C(=O)C(C)(C)C. The van der Waals surface area contributed by atoms with Gasteiger partial charge in [-0.15, -0.1) is 0 Å². The summed E-state index contributed by atoms with van der Waals surface area (Å²) < 4.78 is 0. The summed E-state index contributed by atoms with van der Waals surface area (Å²) in [7, 11) is 2.06. The van der Waals surface area contributed by atoms with Gasteiger partial charge < -0.3 is 4.90 Å². The van der Waals surface area contributed by atoms with E-state index in [9.17, 15) is 4.79 Å².